The van der Waals surface area contributed by atoms with E-state index < -0.39 is 0 Å². The smallest absolute Gasteiger partial charge is 0.228 e. The molecule has 0 atom stereocenters. The van der Waals surface area contributed by atoms with Gasteiger partial charge in [-0.25, -0.2) is 4.98 Å². The lowest BCUT2D eigenvalue weighted by Crippen LogP contribution is -2.56. The number of ether oxygens (including phenoxy) is 1. The largest absolute Gasteiger partial charge is 0.478 e. The van der Waals surface area contributed by atoms with E-state index >= 15 is 0 Å². The van der Waals surface area contributed by atoms with Gasteiger partial charge < -0.3 is 15.0 Å². The van der Waals surface area contributed by atoms with E-state index in [0.29, 0.717) is 18.5 Å². The Bertz CT molecular complexity index is 365. The summed E-state index contributed by atoms with van der Waals surface area (Å²) in [6.45, 7) is 6.54. The Labute approximate surface area is 95.8 Å². The van der Waals surface area contributed by atoms with Crippen molar-refractivity contribution in [2.45, 2.75) is 19.9 Å². The van der Waals surface area contributed by atoms with E-state index in [4.69, 9.17) is 4.74 Å². The first-order valence-corrected chi connectivity index (χ1v) is 5.62. The lowest BCUT2D eigenvalue weighted by atomic mass is 10.1. The van der Waals surface area contributed by atoms with Crippen molar-refractivity contribution in [1.29, 1.82) is 0 Å². The van der Waals surface area contributed by atoms with Crippen LogP contribution >= 0.6 is 0 Å². The molecule has 1 N–H and O–H groups in total. The van der Waals surface area contributed by atoms with Crippen molar-refractivity contribution >= 4 is 5.95 Å². The molecule has 0 radical (unpaired) electrons. The second-order valence-corrected chi connectivity index (χ2v) is 4.00. The quantitative estimate of drug-likeness (QED) is 0.808. The SMILES string of the molecule is CCOc1cc(C)nc(N(C)C2CNC2)n1. The highest BCUT2D eigenvalue weighted by Gasteiger charge is 2.23. The lowest BCUT2D eigenvalue weighted by Gasteiger charge is -2.35. The van der Waals surface area contributed by atoms with Crippen LogP contribution in [0.1, 0.15) is 12.6 Å². The van der Waals surface area contributed by atoms with Crippen LogP contribution in [0.25, 0.3) is 0 Å². The molecule has 5 nitrogen and oxygen atoms in total. The number of likely N-dealkylation sites (N-methyl/N-ethyl adjacent to an activating group) is 1. The maximum atomic E-state index is 5.42. The number of rotatable bonds is 4. The number of hydrogen-bond donors (Lipinski definition) is 1. The fourth-order valence-electron chi connectivity index (χ4n) is 1.61. The van der Waals surface area contributed by atoms with Gasteiger partial charge >= 0.3 is 0 Å². The van der Waals surface area contributed by atoms with Gasteiger partial charge in [0.25, 0.3) is 0 Å². The van der Waals surface area contributed by atoms with E-state index in [-0.39, 0.29) is 0 Å². The summed E-state index contributed by atoms with van der Waals surface area (Å²) in [6, 6.07) is 2.36. The summed E-state index contributed by atoms with van der Waals surface area (Å²) in [4.78, 5) is 10.9. The van der Waals surface area contributed by atoms with E-state index in [1.165, 1.54) is 0 Å². The molecule has 0 bridgehead atoms. The van der Waals surface area contributed by atoms with Gasteiger partial charge in [0.2, 0.25) is 11.8 Å². The first-order valence-electron chi connectivity index (χ1n) is 5.62. The Morgan fingerprint density at radius 1 is 1.50 bits per heavy atom. The summed E-state index contributed by atoms with van der Waals surface area (Å²) in [5.74, 6) is 1.40. The van der Waals surface area contributed by atoms with Crippen molar-refractivity contribution < 1.29 is 4.74 Å². The average molecular weight is 222 g/mol. The molecule has 1 saturated heterocycles. The highest BCUT2D eigenvalue weighted by Crippen LogP contribution is 2.17. The van der Waals surface area contributed by atoms with E-state index in [9.17, 15) is 0 Å². The summed E-state index contributed by atoms with van der Waals surface area (Å²) >= 11 is 0. The molecule has 0 spiro atoms. The minimum absolute atomic E-state index is 0.497. The molecule has 0 saturated carbocycles. The van der Waals surface area contributed by atoms with Gasteiger partial charge in [-0.3, -0.25) is 0 Å². The Morgan fingerprint density at radius 3 is 2.81 bits per heavy atom. The molecule has 16 heavy (non-hydrogen) atoms. The van der Waals surface area contributed by atoms with Crippen molar-refractivity contribution in [3.63, 3.8) is 0 Å². The van der Waals surface area contributed by atoms with Crippen LogP contribution in [0.2, 0.25) is 0 Å². The van der Waals surface area contributed by atoms with Crippen LogP contribution in [0.5, 0.6) is 5.88 Å². The Hall–Kier alpha value is -1.36. The minimum Gasteiger partial charge on any atom is -0.478 e. The topological polar surface area (TPSA) is 50.3 Å². The predicted octanol–water partition coefficient (Wildman–Crippen LogP) is 0.592. The number of hydrogen-bond acceptors (Lipinski definition) is 5. The number of aryl methyl sites for hydroxylation is 1. The second kappa shape index (κ2) is 4.65. The van der Waals surface area contributed by atoms with Gasteiger partial charge in [0.1, 0.15) is 0 Å². The van der Waals surface area contributed by atoms with E-state index in [1.54, 1.807) is 0 Å². The van der Waals surface area contributed by atoms with Crippen LogP contribution in [-0.2, 0) is 0 Å². The first-order chi connectivity index (χ1) is 7.70. The molecule has 0 aliphatic carbocycles. The zero-order chi connectivity index (χ0) is 11.5. The zero-order valence-electron chi connectivity index (χ0n) is 10.0. The molecule has 1 fully saturated rings. The minimum atomic E-state index is 0.497. The van der Waals surface area contributed by atoms with Crippen LogP contribution in [0.4, 0.5) is 5.95 Å². The van der Waals surface area contributed by atoms with Crippen molar-refractivity contribution in [1.82, 2.24) is 15.3 Å². The average Bonchev–Trinajstić information content (AvgIpc) is 2.14. The van der Waals surface area contributed by atoms with Gasteiger partial charge in [-0.05, 0) is 13.8 Å². The summed E-state index contributed by atoms with van der Waals surface area (Å²) in [7, 11) is 2.02. The number of anilines is 1. The Morgan fingerprint density at radius 2 is 2.25 bits per heavy atom. The number of nitrogens with zero attached hydrogens (tertiary/aromatic N) is 3. The molecule has 1 aromatic heterocycles. The monoisotopic (exact) mass is 222 g/mol. The van der Waals surface area contributed by atoms with Crippen LogP contribution in [0.15, 0.2) is 6.07 Å². The molecule has 2 heterocycles. The third kappa shape index (κ3) is 2.24. The Balaban J connectivity index is 2.18. The maximum Gasteiger partial charge on any atom is 0.228 e. The van der Waals surface area contributed by atoms with Crippen molar-refractivity contribution in [3.05, 3.63) is 11.8 Å². The number of nitrogens with one attached hydrogen (secondary N) is 1. The van der Waals surface area contributed by atoms with Crippen molar-refractivity contribution in [2.75, 3.05) is 31.6 Å². The van der Waals surface area contributed by atoms with Gasteiger partial charge in [0.05, 0.1) is 12.6 Å². The van der Waals surface area contributed by atoms with E-state index in [2.05, 4.69) is 20.2 Å². The number of aromatic nitrogens is 2. The molecule has 1 aromatic rings. The van der Waals surface area contributed by atoms with Crippen LogP contribution in [0, 0.1) is 6.92 Å². The van der Waals surface area contributed by atoms with Crippen LogP contribution in [-0.4, -0.2) is 42.8 Å². The molecule has 5 heteroatoms. The molecule has 0 unspecified atom stereocenters. The fourth-order valence-corrected chi connectivity index (χ4v) is 1.61. The maximum absolute atomic E-state index is 5.42. The second-order valence-electron chi connectivity index (χ2n) is 4.00. The van der Waals surface area contributed by atoms with Gasteiger partial charge in [-0.2, -0.15) is 4.98 Å². The predicted molar refractivity (Wildman–Crippen MR) is 63.0 cm³/mol. The highest BCUT2D eigenvalue weighted by molar-refractivity contribution is 5.35. The van der Waals surface area contributed by atoms with Crippen molar-refractivity contribution in [2.24, 2.45) is 0 Å². The molecular formula is C11H18N4O. The van der Waals surface area contributed by atoms with Crippen LogP contribution in [0.3, 0.4) is 0 Å². The fraction of sp³-hybridized carbons (Fsp3) is 0.636. The highest BCUT2D eigenvalue weighted by atomic mass is 16.5. The summed E-state index contributed by atoms with van der Waals surface area (Å²) < 4.78 is 5.42. The molecule has 1 aliphatic rings. The Kier molecular flexibility index (Phi) is 3.24. The molecule has 0 amide bonds. The van der Waals surface area contributed by atoms with E-state index in [1.807, 2.05) is 27.0 Å². The molecule has 1 aliphatic heterocycles. The molecular weight excluding hydrogens is 204 g/mol. The van der Waals surface area contributed by atoms with Gasteiger partial charge in [-0.1, -0.05) is 0 Å². The van der Waals surface area contributed by atoms with Crippen molar-refractivity contribution in [3.8, 4) is 5.88 Å². The van der Waals surface area contributed by atoms with Gasteiger partial charge in [0, 0.05) is 31.9 Å². The van der Waals surface area contributed by atoms with Gasteiger partial charge in [-0.15, -0.1) is 0 Å². The third-order valence-electron chi connectivity index (χ3n) is 2.73. The molecule has 2 rings (SSSR count). The normalized spacial score (nSPS) is 15.7. The zero-order valence-corrected chi connectivity index (χ0v) is 10.0. The lowest BCUT2D eigenvalue weighted by molar-refractivity contribution is 0.325. The summed E-state index contributed by atoms with van der Waals surface area (Å²) in [5.41, 5.74) is 0.938. The third-order valence-corrected chi connectivity index (χ3v) is 2.73. The summed E-state index contributed by atoms with van der Waals surface area (Å²) in [5, 5.41) is 3.24. The van der Waals surface area contributed by atoms with Gasteiger partial charge in [0.15, 0.2) is 0 Å². The first kappa shape index (κ1) is 11.1. The van der Waals surface area contributed by atoms with Crippen LogP contribution < -0.4 is 15.0 Å². The standard InChI is InChI=1S/C11H18N4O/c1-4-16-10-5-8(2)13-11(14-10)15(3)9-6-12-7-9/h5,9,12H,4,6-7H2,1-3H3. The van der Waals surface area contributed by atoms with E-state index in [0.717, 1.165) is 24.7 Å². The summed E-state index contributed by atoms with van der Waals surface area (Å²) in [6.07, 6.45) is 0. The molecule has 88 valence electrons. The molecule has 0 aromatic carbocycles.